The van der Waals surface area contributed by atoms with Gasteiger partial charge < -0.3 is 20.5 Å². The first-order chi connectivity index (χ1) is 15.6. The van der Waals surface area contributed by atoms with Crippen molar-refractivity contribution in [2.45, 2.75) is 57.9 Å². The number of piperidine rings is 1. The highest BCUT2D eigenvalue weighted by Gasteiger charge is 2.24. The third-order valence-corrected chi connectivity index (χ3v) is 7.17. The second kappa shape index (κ2) is 11.0. The molecule has 2 aromatic carbocycles. The van der Waals surface area contributed by atoms with E-state index in [1.807, 2.05) is 0 Å². The SMILES string of the molecule is CCC(C)N1CCC(c2c[nH]c3ccc(NC(=S)NCCCc4ccccc4)cc23)CC1. The minimum absolute atomic E-state index is 0.627. The number of H-pyrrole nitrogens is 1. The Morgan fingerprint density at radius 1 is 1.16 bits per heavy atom. The summed E-state index contributed by atoms with van der Waals surface area (Å²) in [6, 6.07) is 17.8. The van der Waals surface area contributed by atoms with Gasteiger partial charge in [0.05, 0.1) is 0 Å². The van der Waals surface area contributed by atoms with E-state index in [-0.39, 0.29) is 0 Å². The van der Waals surface area contributed by atoms with Crippen LogP contribution in [0.4, 0.5) is 5.69 Å². The molecule has 5 heteroatoms. The highest BCUT2D eigenvalue weighted by Crippen LogP contribution is 2.34. The minimum atomic E-state index is 0.627. The second-order valence-electron chi connectivity index (χ2n) is 9.04. The van der Waals surface area contributed by atoms with Gasteiger partial charge in [0.25, 0.3) is 0 Å². The number of thiocarbonyl (C=S) groups is 1. The van der Waals surface area contributed by atoms with Crippen molar-refractivity contribution < 1.29 is 0 Å². The van der Waals surface area contributed by atoms with Gasteiger partial charge in [-0.3, -0.25) is 0 Å². The Hall–Kier alpha value is -2.37. The number of anilines is 1. The van der Waals surface area contributed by atoms with Crippen molar-refractivity contribution in [3.63, 3.8) is 0 Å². The van der Waals surface area contributed by atoms with Crippen molar-refractivity contribution in [1.29, 1.82) is 0 Å². The van der Waals surface area contributed by atoms with E-state index in [1.54, 1.807) is 0 Å². The molecule has 0 saturated carbocycles. The van der Waals surface area contributed by atoms with Crippen LogP contribution in [0.25, 0.3) is 10.9 Å². The number of aromatic nitrogens is 1. The number of aryl methyl sites for hydroxylation is 1. The normalized spacial score (nSPS) is 16.2. The maximum atomic E-state index is 5.54. The molecule has 2 heterocycles. The van der Waals surface area contributed by atoms with E-state index in [1.165, 1.54) is 54.4 Å². The van der Waals surface area contributed by atoms with Crippen LogP contribution in [0.1, 0.15) is 56.6 Å². The van der Waals surface area contributed by atoms with E-state index in [9.17, 15) is 0 Å². The number of nitrogens with one attached hydrogen (secondary N) is 3. The largest absolute Gasteiger partial charge is 0.362 e. The Balaban J connectivity index is 1.32. The van der Waals surface area contributed by atoms with Crippen molar-refractivity contribution in [3.05, 3.63) is 65.9 Å². The predicted molar refractivity (Wildman–Crippen MR) is 141 cm³/mol. The Morgan fingerprint density at radius 3 is 2.69 bits per heavy atom. The van der Waals surface area contributed by atoms with Gasteiger partial charge in [0, 0.05) is 35.4 Å². The number of hydrogen-bond acceptors (Lipinski definition) is 2. The number of fused-ring (bicyclic) bond motifs is 1. The van der Waals surface area contributed by atoms with E-state index >= 15 is 0 Å². The summed E-state index contributed by atoms with van der Waals surface area (Å²) < 4.78 is 0. The van der Waals surface area contributed by atoms with Crippen molar-refractivity contribution in [1.82, 2.24) is 15.2 Å². The Morgan fingerprint density at radius 2 is 1.94 bits per heavy atom. The number of likely N-dealkylation sites (tertiary alicyclic amines) is 1. The molecule has 1 aliphatic heterocycles. The van der Waals surface area contributed by atoms with Crippen LogP contribution < -0.4 is 10.6 Å². The first kappa shape index (κ1) is 22.8. The fourth-order valence-electron chi connectivity index (χ4n) is 4.78. The lowest BCUT2D eigenvalue weighted by molar-refractivity contribution is 0.158. The standard InChI is InChI=1S/C27H36N4S/c1-3-20(2)31-16-13-22(14-17-31)25-19-29-26-12-11-23(18-24(25)26)30-27(32)28-15-7-10-21-8-5-4-6-9-21/h4-6,8-9,11-12,18-20,22,29H,3,7,10,13-17H2,1-2H3,(H2,28,30,32). The molecule has 0 amide bonds. The summed E-state index contributed by atoms with van der Waals surface area (Å²) in [4.78, 5) is 6.12. The monoisotopic (exact) mass is 448 g/mol. The van der Waals surface area contributed by atoms with Gasteiger partial charge in [-0.25, -0.2) is 0 Å². The Kier molecular flexibility index (Phi) is 7.82. The maximum Gasteiger partial charge on any atom is 0.170 e. The molecule has 4 rings (SSSR count). The molecule has 0 spiro atoms. The van der Waals surface area contributed by atoms with Crippen molar-refractivity contribution in [3.8, 4) is 0 Å². The van der Waals surface area contributed by atoms with Crippen LogP contribution in [0.5, 0.6) is 0 Å². The summed E-state index contributed by atoms with van der Waals surface area (Å²) in [6.45, 7) is 7.89. The molecule has 0 aliphatic carbocycles. The highest BCUT2D eigenvalue weighted by molar-refractivity contribution is 7.80. The maximum absolute atomic E-state index is 5.54. The quantitative estimate of drug-likeness (QED) is 0.289. The molecule has 170 valence electrons. The van der Waals surface area contributed by atoms with E-state index in [4.69, 9.17) is 12.2 Å². The summed E-state index contributed by atoms with van der Waals surface area (Å²) in [6.07, 6.45) is 8.03. The molecule has 32 heavy (non-hydrogen) atoms. The van der Waals surface area contributed by atoms with E-state index in [0.717, 1.165) is 25.1 Å². The van der Waals surface area contributed by atoms with E-state index in [0.29, 0.717) is 17.1 Å². The molecular weight excluding hydrogens is 412 g/mol. The molecular formula is C27H36N4S. The van der Waals surface area contributed by atoms with E-state index in [2.05, 4.69) is 89.1 Å². The lowest BCUT2D eigenvalue weighted by Gasteiger charge is -2.35. The summed E-state index contributed by atoms with van der Waals surface area (Å²) in [5.41, 5.74) is 5.08. The molecule has 0 bridgehead atoms. The number of benzene rings is 2. The van der Waals surface area contributed by atoms with Gasteiger partial charge in [-0.05, 0) is 99.6 Å². The molecule has 0 radical (unpaired) electrons. The summed E-state index contributed by atoms with van der Waals surface area (Å²) in [7, 11) is 0. The third kappa shape index (κ3) is 5.70. The van der Waals surface area contributed by atoms with Crippen LogP contribution in [0, 0.1) is 0 Å². The van der Waals surface area contributed by atoms with Gasteiger partial charge in [0.2, 0.25) is 0 Å². The number of hydrogen-bond donors (Lipinski definition) is 3. The molecule has 1 aliphatic rings. The minimum Gasteiger partial charge on any atom is -0.362 e. The number of aromatic amines is 1. The zero-order valence-corrected chi connectivity index (χ0v) is 20.2. The molecule has 1 aromatic heterocycles. The van der Waals surface area contributed by atoms with Gasteiger partial charge >= 0.3 is 0 Å². The van der Waals surface area contributed by atoms with Crippen LogP contribution in [-0.2, 0) is 6.42 Å². The Bertz CT molecular complexity index is 1000. The molecule has 1 saturated heterocycles. The van der Waals surface area contributed by atoms with Crippen molar-refractivity contribution in [2.75, 3.05) is 25.0 Å². The molecule has 1 atom stereocenters. The van der Waals surface area contributed by atoms with Gasteiger partial charge in [-0.1, -0.05) is 37.3 Å². The van der Waals surface area contributed by atoms with Gasteiger partial charge in [-0.2, -0.15) is 0 Å². The lowest BCUT2D eigenvalue weighted by Crippen LogP contribution is -2.39. The highest BCUT2D eigenvalue weighted by atomic mass is 32.1. The third-order valence-electron chi connectivity index (χ3n) is 6.93. The Labute approximate surface area is 197 Å². The lowest BCUT2D eigenvalue weighted by atomic mass is 9.88. The average Bonchev–Trinajstić information content (AvgIpc) is 3.25. The summed E-state index contributed by atoms with van der Waals surface area (Å²) in [5.74, 6) is 0.627. The van der Waals surface area contributed by atoms with Crippen LogP contribution in [-0.4, -0.2) is 40.7 Å². The molecule has 4 nitrogen and oxygen atoms in total. The predicted octanol–water partition coefficient (Wildman–Crippen LogP) is 6.07. The van der Waals surface area contributed by atoms with Crippen LogP contribution in [0.2, 0.25) is 0 Å². The van der Waals surface area contributed by atoms with Crippen LogP contribution in [0.3, 0.4) is 0 Å². The fourth-order valence-corrected chi connectivity index (χ4v) is 5.00. The molecule has 1 fully saturated rings. The first-order valence-electron chi connectivity index (χ1n) is 12.1. The summed E-state index contributed by atoms with van der Waals surface area (Å²) >= 11 is 5.54. The second-order valence-corrected chi connectivity index (χ2v) is 9.45. The number of nitrogens with zero attached hydrogens (tertiary/aromatic N) is 1. The molecule has 1 unspecified atom stereocenters. The summed E-state index contributed by atoms with van der Waals surface area (Å²) in [5, 5.41) is 8.74. The average molecular weight is 449 g/mol. The van der Waals surface area contributed by atoms with Crippen molar-refractivity contribution >= 4 is 33.9 Å². The number of rotatable bonds is 8. The zero-order valence-electron chi connectivity index (χ0n) is 19.4. The van der Waals surface area contributed by atoms with Crippen LogP contribution in [0.15, 0.2) is 54.7 Å². The van der Waals surface area contributed by atoms with Gasteiger partial charge in [-0.15, -0.1) is 0 Å². The first-order valence-corrected chi connectivity index (χ1v) is 12.5. The van der Waals surface area contributed by atoms with E-state index < -0.39 is 0 Å². The fraction of sp³-hybridized carbons (Fsp3) is 0.444. The smallest absolute Gasteiger partial charge is 0.170 e. The topological polar surface area (TPSA) is 43.1 Å². The van der Waals surface area contributed by atoms with Crippen LogP contribution >= 0.6 is 12.2 Å². The van der Waals surface area contributed by atoms with Gasteiger partial charge in [0.1, 0.15) is 0 Å². The van der Waals surface area contributed by atoms with Gasteiger partial charge in [0.15, 0.2) is 5.11 Å². The molecule has 3 aromatic rings. The molecule has 3 N–H and O–H groups in total. The zero-order chi connectivity index (χ0) is 22.3. The van der Waals surface area contributed by atoms with Crippen molar-refractivity contribution in [2.24, 2.45) is 0 Å².